The lowest BCUT2D eigenvalue weighted by Crippen LogP contribution is -2.29. The van der Waals surface area contributed by atoms with E-state index in [1.807, 2.05) is 12.1 Å². The van der Waals surface area contributed by atoms with E-state index in [1.54, 1.807) is 0 Å². The molecule has 1 aliphatic carbocycles. The molecule has 144 valence electrons. The van der Waals surface area contributed by atoms with E-state index >= 15 is 0 Å². The number of nitrogens with zero attached hydrogens (tertiary/aromatic N) is 3. The first-order valence-electron chi connectivity index (χ1n) is 9.34. The van der Waals surface area contributed by atoms with E-state index in [1.165, 1.54) is 11.0 Å². The second-order valence-corrected chi connectivity index (χ2v) is 5.96. The van der Waals surface area contributed by atoms with Crippen molar-refractivity contribution in [2.45, 2.75) is 27.7 Å². The highest BCUT2D eigenvalue weighted by molar-refractivity contribution is 5.80. The summed E-state index contributed by atoms with van der Waals surface area (Å²) in [6.07, 6.45) is 0. The van der Waals surface area contributed by atoms with Crippen LogP contribution in [0.3, 0.4) is 0 Å². The van der Waals surface area contributed by atoms with E-state index in [4.69, 9.17) is 19.3 Å². The average Bonchev–Trinajstić information content (AvgIpc) is 2.69. The summed E-state index contributed by atoms with van der Waals surface area (Å²) >= 11 is 0. The molecule has 0 bridgehead atoms. The Kier molecular flexibility index (Phi) is 7.34. The summed E-state index contributed by atoms with van der Waals surface area (Å²) in [5.74, 6) is 0.837. The topological polar surface area (TPSA) is 72.4 Å². The Morgan fingerprint density at radius 3 is 2.33 bits per heavy atom. The fraction of sp³-hybridized carbons (Fsp3) is 0.381. The van der Waals surface area contributed by atoms with E-state index in [-0.39, 0.29) is 0 Å². The predicted octanol–water partition coefficient (Wildman–Crippen LogP) is 1.96. The molecule has 3 rings (SSSR count). The molecule has 0 amide bonds. The molecule has 6 heteroatoms. The highest BCUT2D eigenvalue weighted by Crippen LogP contribution is 2.26. The monoisotopic (exact) mass is 369 g/mol. The van der Waals surface area contributed by atoms with Crippen LogP contribution >= 0.6 is 0 Å². The number of carboxylic acid groups (broad SMARTS) is 1. The van der Waals surface area contributed by atoms with E-state index in [9.17, 15) is 0 Å². The van der Waals surface area contributed by atoms with Gasteiger partial charge in [-0.05, 0) is 45.9 Å². The molecular formula is C21H27N3O3. The predicted molar refractivity (Wildman–Crippen MR) is 107 cm³/mol. The molecule has 1 aromatic rings. The zero-order valence-corrected chi connectivity index (χ0v) is 16.4. The van der Waals surface area contributed by atoms with Crippen LogP contribution in [0.5, 0.6) is 0 Å². The van der Waals surface area contributed by atoms with Crippen LogP contribution < -0.4 is 19.9 Å². The molecule has 1 aromatic carbocycles. The normalized spacial score (nSPS) is 10.4. The maximum atomic E-state index is 8.25. The number of carbonyl (C=O) groups is 1. The van der Waals surface area contributed by atoms with Crippen LogP contribution in [0.1, 0.15) is 27.7 Å². The van der Waals surface area contributed by atoms with Crippen molar-refractivity contribution in [2.24, 2.45) is 0 Å². The van der Waals surface area contributed by atoms with Crippen LogP contribution in [0.2, 0.25) is 0 Å². The van der Waals surface area contributed by atoms with Crippen molar-refractivity contribution >= 4 is 23.3 Å². The quantitative estimate of drug-likeness (QED) is 0.390. The summed E-state index contributed by atoms with van der Waals surface area (Å²) in [5, 5.41) is 9.43. The number of carbonyl (C=O) groups excluding carboxylic acids is 1. The minimum atomic E-state index is -0.500. The molecule has 2 aliphatic rings. The summed E-state index contributed by atoms with van der Waals surface area (Å²) in [7, 11) is 0. The molecule has 0 N–H and O–H groups in total. The van der Waals surface area contributed by atoms with Crippen molar-refractivity contribution in [1.29, 1.82) is 0 Å². The SMILES string of the molecule is CCN(CC)c1ccc2nc3ccc(=[N+](CC)CC)cc-3oc2c1.O=C[O-]. The Bertz CT molecular complexity index is 923. The molecule has 0 radical (unpaired) electrons. The van der Waals surface area contributed by atoms with Gasteiger partial charge in [-0.2, -0.15) is 0 Å². The van der Waals surface area contributed by atoms with Gasteiger partial charge in [0.05, 0.1) is 6.07 Å². The number of hydrogen-bond donors (Lipinski definition) is 0. The number of fused-ring (bicyclic) bond motifs is 2. The highest BCUT2D eigenvalue weighted by atomic mass is 16.3. The number of benzene rings is 2. The summed E-state index contributed by atoms with van der Waals surface area (Å²) < 4.78 is 8.50. The summed E-state index contributed by atoms with van der Waals surface area (Å²) in [6.45, 7) is 12.1. The van der Waals surface area contributed by atoms with Crippen molar-refractivity contribution in [3.05, 3.63) is 41.8 Å². The molecule has 0 spiro atoms. The fourth-order valence-electron chi connectivity index (χ4n) is 3.17. The third-order valence-corrected chi connectivity index (χ3v) is 4.60. The van der Waals surface area contributed by atoms with Crippen molar-refractivity contribution in [3.8, 4) is 11.5 Å². The van der Waals surface area contributed by atoms with Gasteiger partial charge in [0, 0.05) is 37.4 Å². The van der Waals surface area contributed by atoms with Gasteiger partial charge in [0.25, 0.3) is 0 Å². The van der Waals surface area contributed by atoms with Gasteiger partial charge < -0.3 is 19.2 Å². The van der Waals surface area contributed by atoms with Crippen molar-refractivity contribution in [3.63, 3.8) is 0 Å². The smallest absolute Gasteiger partial charge is 0.203 e. The Morgan fingerprint density at radius 1 is 1.07 bits per heavy atom. The molecular weight excluding hydrogens is 342 g/mol. The zero-order valence-electron chi connectivity index (χ0n) is 16.4. The summed E-state index contributed by atoms with van der Waals surface area (Å²) in [4.78, 5) is 15.3. The Hall–Kier alpha value is -2.89. The highest BCUT2D eigenvalue weighted by Gasteiger charge is 2.12. The van der Waals surface area contributed by atoms with Crippen molar-refractivity contribution in [2.75, 3.05) is 31.1 Å². The van der Waals surface area contributed by atoms with Crippen molar-refractivity contribution in [1.82, 2.24) is 9.56 Å². The third kappa shape index (κ3) is 4.64. The standard InChI is InChI=1S/C20H26N3O.CH2O2/c1-5-22(6-2)15-9-11-17-19(13-15)24-20-14-16(23(7-3)8-4)10-12-18(20)21-17;2-1-3/h9-14H,5-8H2,1-4H3;1H,(H,2,3)/q+1;/p-1. The lowest BCUT2D eigenvalue weighted by atomic mass is 10.2. The fourth-order valence-corrected chi connectivity index (χ4v) is 3.17. The number of hydrogen-bond acceptors (Lipinski definition) is 5. The lowest BCUT2D eigenvalue weighted by molar-refractivity contribution is -0.283. The summed E-state index contributed by atoms with van der Waals surface area (Å²) in [6, 6.07) is 12.5. The van der Waals surface area contributed by atoms with E-state index in [0.717, 1.165) is 48.7 Å². The van der Waals surface area contributed by atoms with Crippen molar-refractivity contribution < 1.29 is 14.3 Å². The van der Waals surface area contributed by atoms with Gasteiger partial charge in [0.15, 0.2) is 11.3 Å². The second kappa shape index (κ2) is 9.71. The van der Waals surface area contributed by atoms with Gasteiger partial charge in [0.1, 0.15) is 24.3 Å². The van der Waals surface area contributed by atoms with E-state index in [0.29, 0.717) is 0 Å². The molecule has 0 saturated heterocycles. The van der Waals surface area contributed by atoms with E-state index in [2.05, 4.69) is 61.4 Å². The van der Waals surface area contributed by atoms with Gasteiger partial charge in [-0.3, -0.25) is 0 Å². The van der Waals surface area contributed by atoms with Crippen LogP contribution in [-0.4, -0.2) is 37.6 Å². The first kappa shape index (κ1) is 20.4. The van der Waals surface area contributed by atoms with Gasteiger partial charge in [-0.15, -0.1) is 0 Å². The van der Waals surface area contributed by atoms with Crippen LogP contribution in [-0.2, 0) is 4.79 Å². The zero-order chi connectivity index (χ0) is 19.8. The maximum Gasteiger partial charge on any atom is 0.203 e. The molecule has 0 saturated carbocycles. The minimum Gasteiger partial charge on any atom is -0.554 e. The van der Waals surface area contributed by atoms with E-state index < -0.39 is 6.47 Å². The molecule has 0 fully saturated rings. The second-order valence-electron chi connectivity index (χ2n) is 5.96. The van der Waals surface area contributed by atoms with Crippen LogP contribution in [0, 0.1) is 0 Å². The first-order valence-corrected chi connectivity index (χ1v) is 9.34. The molecule has 0 unspecified atom stereocenters. The minimum absolute atomic E-state index is 0.500. The lowest BCUT2D eigenvalue weighted by Gasteiger charge is -2.21. The van der Waals surface area contributed by atoms with Crippen LogP contribution in [0.4, 0.5) is 5.69 Å². The van der Waals surface area contributed by atoms with Gasteiger partial charge in [-0.25, -0.2) is 9.56 Å². The Morgan fingerprint density at radius 2 is 1.74 bits per heavy atom. The van der Waals surface area contributed by atoms with Crippen LogP contribution in [0.15, 0.2) is 40.8 Å². The molecule has 1 aliphatic heterocycles. The first-order chi connectivity index (χ1) is 13.1. The Balaban J connectivity index is 0.000000817. The van der Waals surface area contributed by atoms with Gasteiger partial charge >= 0.3 is 0 Å². The summed E-state index contributed by atoms with van der Waals surface area (Å²) in [5.41, 5.74) is 3.81. The van der Waals surface area contributed by atoms with Gasteiger partial charge in [0.2, 0.25) is 5.36 Å². The molecule has 0 atom stereocenters. The number of aromatic nitrogens is 1. The number of rotatable bonds is 5. The Labute approximate surface area is 159 Å². The molecule has 0 aromatic heterocycles. The van der Waals surface area contributed by atoms with Gasteiger partial charge in [-0.1, -0.05) is 0 Å². The maximum absolute atomic E-state index is 8.25. The number of anilines is 1. The third-order valence-electron chi connectivity index (χ3n) is 4.60. The molecule has 27 heavy (non-hydrogen) atoms. The molecule has 1 heterocycles. The van der Waals surface area contributed by atoms with Crippen LogP contribution in [0.25, 0.3) is 22.6 Å². The molecule has 6 nitrogen and oxygen atoms in total. The largest absolute Gasteiger partial charge is 0.554 e. The average molecular weight is 369 g/mol.